The Bertz CT molecular complexity index is 681. The molecule has 1 fully saturated rings. The molecule has 0 aliphatic carbocycles. The second-order valence-electron chi connectivity index (χ2n) is 5.45. The monoisotopic (exact) mass is 345 g/mol. The van der Waals surface area contributed by atoms with E-state index in [1.54, 1.807) is 4.68 Å². The van der Waals surface area contributed by atoms with E-state index in [9.17, 15) is 4.79 Å². The number of rotatable bonds is 3. The molecular weight excluding hydrogens is 325 g/mol. The van der Waals surface area contributed by atoms with Crippen molar-refractivity contribution in [2.45, 2.75) is 13.8 Å². The number of nitrogens with zero attached hydrogens (tertiary/aromatic N) is 3. The highest BCUT2D eigenvalue weighted by Crippen LogP contribution is 2.21. The number of carbonyl (C=O) groups is 1. The first-order valence-electron chi connectivity index (χ1n) is 6.86. The highest BCUT2D eigenvalue weighted by atomic mass is 35.5. The van der Waals surface area contributed by atoms with Crippen molar-refractivity contribution >= 4 is 41.8 Å². The van der Waals surface area contributed by atoms with E-state index in [-0.39, 0.29) is 30.7 Å². The van der Waals surface area contributed by atoms with Crippen LogP contribution in [0.3, 0.4) is 0 Å². The molecule has 22 heavy (non-hydrogen) atoms. The van der Waals surface area contributed by atoms with Crippen molar-refractivity contribution in [2.24, 2.45) is 13.0 Å². The zero-order chi connectivity index (χ0) is 14.3. The summed E-state index contributed by atoms with van der Waals surface area (Å²) in [7, 11) is 1.85. The van der Waals surface area contributed by atoms with E-state index in [1.807, 2.05) is 27.0 Å². The molecule has 0 spiro atoms. The first-order valence-corrected chi connectivity index (χ1v) is 6.86. The lowest BCUT2D eigenvalue weighted by atomic mass is 10.0. The Kier molecular flexibility index (Phi) is 6.17. The second kappa shape index (κ2) is 7.26. The van der Waals surface area contributed by atoms with Crippen LogP contribution in [0.4, 0.5) is 0 Å². The molecule has 2 aromatic rings. The van der Waals surface area contributed by atoms with E-state index >= 15 is 0 Å². The van der Waals surface area contributed by atoms with Gasteiger partial charge in [0, 0.05) is 38.3 Å². The van der Waals surface area contributed by atoms with Gasteiger partial charge in [-0.05, 0) is 19.9 Å². The number of hydrogen-bond acceptors (Lipinski definition) is 4. The molecule has 0 aromatic carbocycles. The van der Waals surface area contributed by atoms with E-state index in [0.29, 0.717) is 18.0 Å². The normalized spacial score (nSPS) is 14.0. The summed E-state index contributed by atoms with van der Waals surface area (Å²) in [4.78, 5) is 16.9. The van der Waals surface area contributed by atoms with Gasteiger partial charge in [0.1, 0.15) is 0 Å². The second-order valence-corrected chi connectivity index (χ2v) is 5.45. The number of aryl methyl sites for hydroxylation is 3. The Balaban J connectivity index is 0.00000121. The maximum atomic E-state index is 12.4. The molecule has 0 radical (unpaired) electrons. The van der Waals surface area contributed by atoms with Gasteiger partial charge in [-0.15, -0.1) is 24.8 Å². The van der Waals surface area contributed by atoms with Crippen molar-refractivity contribution in [1.29, 1.82) is 0 Å². The summed E-state index contributed by atoms with van der Waals surface area (Å²) in [6.45, 7) is 6.49. The van der Waals surface area contributed by atoms with Crippen LogP contribution in [0, 0.1) is 19.8 Å². The minimum absolute atomic E-state index is 0. The molecule has 3 rings (SSSR count). The molecule has 0 atom stereocenters. The van der Waals surface area contributed by atoms with Crippen molar-refractivity contribution in [3.05, 3.63) is 23.0 Å². The minimum atomic E-state index is -0.0384. The van der Waals surface area contributed by atoms with Gasteiger partial charge in [-0.3, -0.25) is 9.48 Å². The van der Waals surface area contributed by atoms with Crippen LogP contribution in [0.15, 0.2) is 6.07 Å². The lowest BCUT2D eigenvalue weighted by molar-refractivity contribution is 0.0943. The third-order valence-electron chi connectivity index (χ3n) is 3.76. The van der Waals surface area contributed by atoms with Crippen molar-refractivity contribution in [3.8, 4) is 0 Å². The molecule has 1 amide bonds. The van der Waals surface area contributed by atoms with E-state index in [0.717, 1.165) is 35.5 Å². The van der Waals surface area contributed by atoms with Crippen molar-refractivity contribution < 1.29 is 4.79 Å². The number of aromatic nitrogens is 3. The van der Waals surface area contributed by atoms with Crippen LogP contribution in [0.25, 0.3) is 11.0 Å². The van der Waals surface area contributed by atoms with Crippen LogP contribution in [-0.2, 0) is 7.05 Å². The summed E-state index contributed by atoms with van der Waals surface area (Å²) in [5, 5.41) is 11.4. The van der Waals surface area contributed by atoms with Crippen molar-refractivity contribution in [1.82, 2.24) is 25.4 Å². The molecule has 1 aliphatic heterocycles. The predicted octanol–water partition coefficient (Wildman–Crippen LogP) is 1.38. The minimum Gasteiger partial charge on any atom is -0.352 e. The van der Waals surface area contributed by atoms with Crippen LogP contribution in [0.1, 0.15) is 21.7 Å². The number of pyridine rings is 1. The van der Waals surface area contributed by atoms with Crippen LogP contribution < -0.4 is 10.6 Å². The highest BCUT2D eigenvalue weighted by molar-refractivity contribution is 6.06. The Morgan fingerprint density at radius 1 is 1.41 bits per heavy atom. The highest BCUT2D eigenvalue weighted by Gasteiger charge is 2.20. The van der Waals surface area contributed by atoms with Gasteiger partial charge in [-0.1, -0.05) is 0 Å². The number of carbonyl (C=O) groups excluding carboxylic acids is 1. The van der Waals surface area contributed by atoms with E-state index in [1.165, 1.54) is 0 Å². The molecule has 3 heterocycles. The Hall–Kier alpha value is -1.37. The molecule has 1 saturated heterocycles. The largest absolute Gasteiger partial charge is 0.352 e. The lowest BCUT2D eigenvalue weighted by Crippen LogP contribution is -2.48. The third-order valence-corrected chi connectivity index (χ3v) is 3.76. The molecule has 0 saturated carbocycles. The molecule has 0 bridgehead atoms. The summed E-state index contributed by atoms with van der Waals surface area (Å²) < 4.78 is 1.73. The number of nitrogens with one attached hydrogen (secondary N) is 2. The fourth-order valence-corrected chi connectivity index (χ4v) is 2.57. The smallest absolute Gasteiger partial charge is 0.252 e. The number of amides is 1. The number of fused-ring (bicyclic) bond motifs is 1. The zero-order valence-corrected chi connectivity index (χ0v) is 14.5. The van der Waals surface area contributed by atoms with E-state index in [4.69, 9.17) is 0 Å². The molecule has 0 unspecified atom stereocenters. The summed E-state index contributed by atoms with van der Waals surface area (Å²) in [5.41, 5.74) is 3.10. The standard InChI is InChI=1S/C14H19N5O.2ClH/c1-8-4-11(14(20)16-7-10-5-15-6-10)12-9(2)18-19(3)13(12)17-8;;/h4,10,15H,5-7H2,1-3H3,(H,16,20);2*1H. The molecule has 2 aromatic heterocycles. The molecule has 1 aliphatic rings. The Morgan fingerprint density at radius 3 is 2.68 bits per heavy atom. The molecular formula is C14H21Cl2N5O. The lowest BCUT2D eigenvalue weighted by Gasteiger charge is -2.27. The van der Waals surface area contributed by atoms with Crippen molar-refractivity contribution in [2.75, 3.05) is 19.6 Å². The fourth-order valence-electron chi connectivity index (χ4n) is 2.57. The molecule has 6 nitrogen and oxygen atoms in total. The van der Waals surface area contributed by atoms with E-state index in [2.05, 4.69) is 20.7 Å². The first-order chi connectivity index (χ1) is 9.56. The molecule has 122 valence electrons. The maximum Gasteiger partial charge on any atom is 0.252 e. The quantitative estimate of drug-likeness (QED) is 0.881. The van der Waals surface area contributed by atoms with Gasteiger partial charge < -0.3 is 10.6 Å². The van der Waals surface area contributed by atoms with Crippen LogP contribution in [0.2, 0.25) is 0 Å². The summed E-state index contributed by atoms with van der Waals surface area (Å²) in [5.74, 6) is 0.510. The molecule has 2 N–H and O–H groups in total. The molecule has 8 heteroatoms. The SMILES string of the molecule is Cc1cc(C(=O)NCC2CNC2)c2c(C)nn(C)c2n1.Cl.Cl. The van der Waals surface area contributed by atoms with Gasteiger partial charge >= 0.3 is 0 Å². The van der Waals surface area contributed by atoms with Gasteiger partial charge in [0.15, 0.2) is 5.65 Å². The van der Waals surface area contributed by atoms with Gasteiger partial charge in [0.25, 0.3) is 5.91 Å². The van der Waals surface area contributed by atoms with Crippen LogP contribution in [-0.4, -0.2) is 40.3 Å². The Labute approximate surface area is 141 Å². The fraction of sp³-hybridized carbons (Fsp3) is 0.500. The number of hydrogen-bond donors (Lipinski definition) is 2. The summed E-state index contributed by atoms with van der Waals surface area (Å²) >= 11 is 0. The van der Waals surface area contributed by atoms with Gasteiger partial charge in [-0.2, -0.15) is 5.10 Å². The third kappa shape index (κ3) is 3.34. The Morgan fingerprint density at radius 2 is 2.09 bits per heavy atom. The van der Waals surface area contributed by atoms with Crippen LogP contribution >= 0.6 is 24.8 Å². The van der Waals surface area contributed by atoms with E-state index < -0.39 is 0 Å². The maximum absolute atomic E-state index is 12.4. The van der Waals surface area contributed by atoms with Gasteiger partial charge in [0.05, 0.1) is 16.6 Å². The topological polar surface area (TPSA) is 71.8 Å². The van der Waals surface area contributed by atoms with Gasteiger partial charge in [-0.25, -0.2) is 4.98 Å². The number of halogens is 2. The zero-order valence-electron chi connectivity index (χ0n) is 12.8. The summed E-state index contributed by atoms with van der Waals surface area (Å²) in [6.07, 6.45) is 0. The average Bonchev–Trinajstić information content (AvgIpc) is 2.62. The van der Waals surface area contributed by atoms with Crippen LogP contribution in [0.5, 0.6) is 0 Å². The summed E-state index contributed by atoms with van der Waals surface area (Å²) in [6, 6.07) is 1.84. The van der Waals surface area contributed by atoms with Crippen molar-refractivity contribution in [3.63, 3.8) is 0 Å². The average molecular weight is 346 g/mol. The van der Waals surface area contributed by atoms with Gasteiger partial charge in [0.2, 0.25) is 0 Å². The predicted molar refractivity (Wildman–Crippen MR) is 91.2 cm³/mol. The first kappa shape index (κ1) is 18.7.